The van der Waals surface area contributed by atoms with Crippen LogP contribution in [0.25, 0.3) is 11.5 Å². The first-order chi connectivity index (χ1) is 15.5. The highest BCUT2D eigenvalue weighted by Gasteiger charge is 2.21. The zero-order valence-electron chi connectivity index (χ0n) is 17.1. The molecule has 1 aromatic carbocycles. The number of thioether (sulfide) groups is 1. The minimum absolute atomic E-state index is 0. The fraction of sp³-hybridized carbons (Fsp3) is 0.368. The summed E-state index contributed by atoms with van der Waals surface area (Å²) in [6.07, 6.45) is -0.0871. The normalized spacial score (nSPS) is 16.4. The van der Waals surface area contributed by atoms with E-state index >= 15 is 0 Å². The number of H-pyrrole nitrogens is 1. The van der Waals surface area contributed by atoms with Gasteiger partial charge in [-0.25, -0.2) is 9.78 Å². The van der Waals surface area contributed by atoms with Gasteiger partial charge in [0.15, 0.2) is 4.34 Å². The van der Waals surface area contributed by atoms with Gasteiger partial charge in [0.1, 0.15) is 5.69 Å². The summed E-state index contributed by atoms with van der Waals surface area (Å²) >= 11 is 14.8. The molecule has 1 fully saturated rings. The molecular weight excluding hydrogens is 533 g/mol. The fourth-order valence-electron chi connectivity index (χ4n) is 3.12. The molecule has 0 spiro atoms. The summed E-state index contributed by atoms with van der Waals surface area (Å²) in [6, 6.07) is 5.63. The molecular formula is C19H20Cl3N5O4S2. The zero-order chi connectivity index (χ0) is 22.5. The summed E-state index contributed by atoms with van der Waals surface area (Å²) in [4.78, 5) is 32.3. The fourth-order valence-corrected chi connectivity index (χ4v) is 5.08. The van der Waals surface area contributed by atoms with Gasteiger partial charge in [0.2, 0.25) is 11.7 Å². The first kappa shape index (κ1) is 26.0. The summed E-state index contributed by atoms with van der Waals surface area (Å²) in [5, 5.41) is 9.34. The van der Waals surface area contributed by atoms with Crippen LogP contribution in [0.1, 0.15) is 5.56 Å². The number of amides is 1. The van der Waals surface area contributed by atoms with Crippen molar-refractivity contribution in [1.82, 2.24) is 25.3 Å². The molecule has 1 aliphatic heterocycles. The molecule has 0 bridgehead atoms. The van der Waals surface area contributed by atoms with Crippen LogP contribution in [0.2, 0.25) is 10.0 Å². The van der Waals surface area contributed by atoms with E-state index in [1.54, 1.807) is 11.4 Å². The molecule has 0 aliphatic carbocycles. The Morgan fingerprint density at radius 1 is 1.36 bits per heavy atom. The number of morpholine rings is 1. The molecule has 0 unspecified atom stereocenters. The summed E-state index contributed by atoms with van der Waals surface area (Å²) in [5.74, 6) is -0.251. The van der Waals surface area contributed by atoms with Gasteiger partial charge in [-0.3, -0.25) is 19.2 Å². The number of thiazole rings is 1. The Morgan fingerprint density at radius 2 is 2.21 bits per heavy atom. The van der Waals surface area contributed by atoms with Crippen LogP contribution in [0.5, 0.6) is 0 Å². The van der Waals surface area contributed by atoms with E-state index in [4.69, 9.17) is 27.9 Å². The number of nitrogens with one attached hydrogen (secondary N) is 2. The quantitative estimate of drug-likeness (QED) is 0.409. The van der Waals surface area contributed by atoms with Crippen molar-refractivity contribution in [2.24, 2.45) is 0 Å². The van der Waals surface area contributed by atoms with Crippen molar-refractivity contribution in [2.75, 3.05) is 32.0 Å². The van der Waals surface area contributed by atoms with Gasteiger partial charge in [-0.15, -0.1) is 23.7 Å². The summed E-state index contributed by atoms with van der Waals surface area (Å²) in [6.45, 7) is 3.29. The van der Waals surface area contributed by atoms with Crippen molar-refractivity contribution in [3.05, 3.63) is 49.7 Å². The lowest BCUT2D eigenvalue weighted by atomic mass is 10.2. The van der Waals surface area contributed by atoms with Crippen LogP contribution in [-0.4, -0.2) is 64.0 Å². The van der Waals surface area contributed by atoms with Gasteiger partial charge in [0.05, 0.1) is 28.5 Å². The number of benzene rings is 1. The third-order valence-electron chi connectivity index (χ3n) is 4.63. The van der Waals surface area contributed by atoms with E-state index in [2.05, 4.69) is 29.9 Å². The SMILES string of the molecule is Cl.O=C(CSc1nc(-c2noc(=O)[nH]2)cs1)NC[C@H]1CN(Cc2ccc(Cl)c(Cl)c2)CCO1. The molecule has 0 saturated carbocycles. The minimum atomic E-state index is -0.637. The average molecular weight is 553 g/mol. The van der Waals surface area contributed by atoms with Crippen molar-refractivity contribution in [2.45, 2.75) is 17.0 Å². The van der Waals surface area contributed by atoms with Gasteiger partial charge in [-0.05, 0) is 17.7 Å². The summed E-state index contributed by atoms with van der Waals surface area (Å²) in [5.41, 5.74) is 1.58. The van der Waals surface area contributed by atoms with Gasteiger partial charge in [0.25, 0.3) is 0 Å². The Morgan fingerprint density at radius 3 is 2.97 bits per heavy atom. The van der Waals surface area contributed by atoms with E-state index < -0.39 is 5.76 Å². The van der Waals surface area contributed by atoms with E-state index in [0.717, 1.165) is 18.7 Å². The lowest BCUT2D eigenvalue weighted by Crippen LogP contribution is -2.47. The molecule has 4 rings (SSSR count). The highest BCUT2D eigenvalue weighted by molar-refractivity contribution is 8.01. The predicted molar refractivity (Wildman–Crippen MR) is 131 cm³/mol. The van der Waals surface area contributed by atoms with Crippen LogP contribution >= 0.6 is 58.7 Å². The summed E-state index contributed by atoms with van der Waals surface area (Å²) < 4.78 is 11.0. The number of hydrogen-bond donors (Lipinski definition) is 2. The van der Waals surface area contributed by atoms with Gasteiger partial charge in [-0.1, -0.05) is 46.2 Å². The van der Waals surface area contributed by atoms with Crippen LogP contribution in [0.4, 0.5) is 0 Å². The maximum absolute atomic E-state index is 12.3. The predicted octanol–water partition coefficient (Wildman–Crippen LogP) is 3.32. The van der Waals surface area contributed by atoms with E-state index in [9.17, 15) is 9.59 Å². The molecule has 1 saturated heterocycles. The molecule has 1 aliphatic rings. The van der Waals surface area contributed by atoms with Crippen LogP contribution in [0, 0.1) is 0 Å². The molecule has 2 N–H and O–H groups in total. The smallest absolute Gasteiger partial charge is 0.374 e. The summed E-state index contributed by atoms with van der Waals surface area (Å²) in [7, 11) is 0. The maximum Gasteiger partial charge on any atom is 0.439 e. The highest BCUT2D eigenvalue weighted by Crippen LogP contribution is 2.26. The minimum Gasteiger partial charge on any atom is -0.374 e. The number of carbonyl (C=O) groups excluding carboxylic acids is 1. The van der Waals surface area contributed by atoms with Crippen molar-refractivity contribution < 1.29 is 14.1 Å². The second-order valence-electron chi connectivity index (χ2n) is 7.01. The van der Waals surface area contributed by atoms with Crippen molar-refractivity contribution in [1.29, 1.82) is 0 Å². The maximum atomic E-state index is 12.3. The van der Waals surface area contributed by atoms with Crippen LogP contribution in [0.15, 0.2) is 37.2 Å². The average Bonchev–Trinajstić information content (AvgIpc) is 3.42. The molecule has 14 heteroatoms. The third-order valence-corrected chi connectivity index (χ3v) is 7.39. The highest BCUT2D eigenvalue weighted by atomic mass is 35.5. The Balaban J connectivity index is 0.00000306. The lowest BCUT2D eigenvalue weighted by molar-refractivity contribution is -0.119. The molecule has 2 aromatic heterocycles. The van der Waals surface area contributed by atoms with E-state index in [1.807, 2.05) is 12.1 Å². The zero-order valence-corrected chi connectivity index (χ0v) is 21.0. The standard InChI is InChI=1S/C19H19Cl2N5O4S2.ClH/c20-13-2-1-11(5-14(13)21)7-26-3-4-29-12(8-26)6-22-16(27)10-32-19-23-15(9-31-19)17-24-18(28)30-25-17;/h1-2,5,9,12H,3-4,6-8,10H2,(H,22,27)(H,24,25,28);1H/t12-;/m0./s1. The largest absolute Gasteiger partial charge is 0.439 e. The molecule has 1 atom stereocenters. The first-order valence-electron chi connectivity index (χ1n) is 9.65. The van der Waals surface area contributed by atoms with Gasteiger partial charge in [0, 0.05) is 31.6 Å². The number of aromatic nitrogens is 3. The number of aromatic amines is 1. The van der Waals surface area contributed by atoms with Crippen molar-refractivity contribution >= 4 is 64.6 Å². The topological polar surface area (TPSA) is 113 Å². The first-order valence-corrected chi connectivity index (χ1v) is 12.3. The Bertz CT molecular complexity index is 1140. The molecule has 9 nitrogen and oxygen atoms in total. The van der Waals surface area contributed by atoms with E-state index in [0.29, 0.717) is 39.8 Å². The van der Waals surface area contributed by atoms with Gasteiger partial charge < -0.3 is 10.1 Å². The van der Waals surface area contributed by atoms with Crippen molar-refractivity contribution in [3.63, 3.8) is 0 Å². The monoisotopic (exact) mass is 551 g/mol. The van der Waals surface area contributed by atoms with E-state index in [-0.39, 0.29) is 36.0 Å². The van der Waals surface area contributed by atoms with Crippen LogP contribution < -0.4 is 11.1 Å². The van der Waals surface area contributed by atoms with Crippen LogP contribution in [-0.2, 0) is 16.1 Å². The number of halogens is 3. The van der Waals surface area contributed by atoms with E-state index in [1.165, 1.54) is 23.1 Å². The second-order valence-corrected chi connectivity index (χ2v) is 9.91. The molecule has 3 aromatic rings. The molecule has 1 amide bonds. The van der Waals surface area contributed by atoms with Crippen LogP contribution in [0.3, 0.4) is 0 Å². The number of nitrogens with zero attached hydrogens (tertiary/aromatic N) is 3. The number of carbonyl (C=O) groups is 1. The van der Waals surface area contributed by atoms with Crippen molar-refractivity contribution in [3.8, 4) is 11.5 Å². The lowest BCUT2D eigenvalue weighted by Gasteiger charge is -2.33. The van der Waals surface area contributed by atoms with Gasteiger partial charge >= 0.3 is 5.76 Å². The molecule has 178 valence electrons. The number of hydrogen-bond acceptors (Lipinski definition) is 9. The third kappa shape index (κ3) is 7.44. The molecule has 3 heterocycles. The van der Waals surface area contributed by atoms with Gasteiger partial charge in [-0.2, -0.15) is 0 Å². The number of rotatable bonds is 8. The number of ether oxygens (including phenoxy) is 1. The Kier molecular flexibility index (Phi) is 9.62. The Hall–Kier alpha value is -1.60. The second kappa shape index (κ2) is 12.2. The Labute approximate surface area is 213 Å². The molecule has 33 heavy (non-hydrogen) atoms. The molecule has 0 radical (unpaired) electrons.